The second-order valence-electron chi connectivity index (χ2n) is 7.06. The van der Waals surface area contributed by atoms with Crippen molar-refractivity contribution >= 4 is 11.8 Å². The van der Waals surface area contributed by atoms with Crippen LogP contribution in [0.15, 0.2) is 0 Å². The summed E-state index contributed by atoms with van der Waals surface area (Å²) >= 11 is 1.72. The van der Waals surface area contributed by atoms with Crippen molar-refractivity contribution in [2.45, 2.75) is 63.7 Å². The number of hydrogen-bond acceptors (Lipinski definition) is 1. The summed E-state index contributed by atoms with van der Waals surface area (Å²) in [4.78, 5) is 0. The van der Waals surface area contributed by atoms with Crippen molar-refractivity contribution in [2.24, 2.45) is 23.7 Å². The summed E-state index contributed by atoms with van der Waals surface area (Å²) in [5.41, 5.74) is 0. The van der Waals surface area contributed by atoms with Gasteiger partial charge < -0.3 is 0 Å². The van der Waals surface area contributed by atoms with Crippen LogP contribution in [-0.4, -0.2) is 23.9 Å². The van der Waals surface area contributed by atoms with Gasteiger partial charge in [0, 0.05) is 0 Å². The molecule has 2 aliphatic rings. The SMILES string of the molecule is FC(F)(F)C1CCC(CSCC2CCC(C(F)(F)F)CC2)CC1. The van der Waals surface area contributed by atoms with Gasteiger partial charge in [0.2, 0.25) is 0 Å². The highest BCUT2D eigenvalue weighted by Crippen LogP contribution is 2.42. The van der Waals surface area contributed by atoms with Gasteiger partial charge >= 0.3 is 12.4 Å². The summed E-state index contributed by atoms with van der Waals surface area (Å²) in [5, 5.41) is 0. The van der Waals surface area contributed by atoms with Gasteiger partial charge in [-0.2, -0.15) is 38.1 Å². The molecule has 23 heavy (non-hydrogen) atoms. The zero-order valence-electron chi connectivity index (χ0n) is 13.1. The van der Waals surface area contributed by atoms with Crippen molar-refractivity contribution in [1.82, 2.24) is 0 Å². The predicted molar refractivity (Wildman–Crippen MR) is 80.3 cm³/mol. The molecule has 0 radical (unpaired) electrons. The Hall–Kier alpha value is -0.0700. The van der Waals surface area contributed by atoms with E-state index in [0.717, 1.165) is 11.5 Å². The lowest BCUT2D eigenvalue weighted by Crippen LogP contribution is -2.29. The van der Waals surface area contributed by atoms with E-state index < -0.39 is 24.2 Å². The zero-order valence-corrected chi connectivity index (χ0v) is 13.9. The Bertz CT molecular complexity index is 315. The van der Waals surface area contributed by atoms with Crippen LogP contribution in [0.2, 0.25) is 0 Å². The second-order valence-corrected chi connectivity index (χ2v) is 8.13. The average Bonchev–Trinajstić information content (AvgIpc) is 2.46. The maximum absolute atomic E-state index is 12.6. The normalized spacial score (nSPS) is 33.7. The van der Waals surface area contributed by atoms with E-state index in [0.29, 0.717) is 37.5 Å². The summed E-state index contributed by atoms with van der Waals surface area (Å²) in [7, 11) is 0. The molecule has 136 valence electrons. The Labute approximate surface area is 137 Å². The number of thioether (sulfide) groups is 1. The van der Waals surface area contributed by atoms with Gasteiger partial charge in [0.05, 0.1) is 11.8 Å². The molecule has 2 rings (SSSR count). The first-order chi connectivity index (χ1) is 10.7. The highest BCUT2D eigenvalue weighted by atomic mass is 32.2. The summed E-state index contributed by atoms with van der Waals surface area (Å²) in [6, 6.07) is 0. The molecular weight excluding hydrogens is 338 g/mol. The van der Waals surface area contributed by atoms with Crippen LogP contribution in [0.3, 0.4) is 0 Å². The van der Waals surface area contributed by atoms with Gasteiger partial charge in [0.1, 0.15) is 0 Å². The fraction of sp³-hybridized carbons (Fsp3) is 1.00. The van der Waals surface area contributed by atoms with Crippen LogP contribution in [0.25, 0.3) is 0 Å². The van der Waals surface area contributed by atoms with E-state index in [2.05, 4.69) is 0 Å². The average molecular weight is 362 g/mol. The molecular formula is C16H24F6S. The van der Waals surface area contributed by atoms with E-state index in [1.165, 1.54) is 0 Å². The summed E-state index contributed by atoms with van der Waals surface area (Å²) < 4.78 is 75.6. The third-order valence-corrected chi connectivity index (χ3v) is 6.74. The molecule has 0 aromatic carbocycles. The van der Waals surface area contributed by atoms with Gasteiger partial charge in [-0.05, 0) is 74.7 Å². The van der Waals surface area contributed by atoms with Crippen LogP contribution in [-0.2, 0) is 0 Å². The van der Waals surface area contributed by atoms with E-state index in [-0.39, 0.29) is 25.7 Å². The first-order valence-electron chi connectivity index (χ1n) is 8.37. The fourth-order valence-electron chi connectivity index (χ4n) is 3.71. The van der Waals surface area contributed by atoms with Crippen molar-refractivity contribution in [3.8, 4) is 0 Å². The molecule has 0 atom stereocenters. The van der Waals surface area contributed by atoms with Gasteiger partial charge in [-0.1, -0.05) is 0 Å². The van der Waals surface area contributed by atoms with Crippen LogP contribution in [0.5, 0.6) is 0 Å². The molecule has 0 N–H and O–H groups in total. The molecule has 7 heteroatoms. The van der Waals surface area contributed by atoms with Crippen molar-refractivity contribution in [3.63, 3.8) is 0 Å². The quantitative estimate of drug-likeness (QED) is 0.517. The zero-order chi connectivity index (χ0) is 17.1. The molecule has 0 heterocycles. The summed E-state index contributed by atoms with van der Waals surface area (Å²) in [5.74, 6) is 0.103. The molecule has 0 aromatic rings. The minimum atomic E-state index is -4.06. The van der Waals surface area contributed by atoms with Crippen molar-refractivity contribution in [2.75, 3.05) is 11.5 Å². The lowest BCUT2D eigenvalue weighted by atomic mass is 9.82. The molecule has 0 saturated heterocycles. The van der Waals surface area contributed by atoms with Gasteiger partial charge in [-0.25, -0.2) is 0 Å². The minimum absolute atomic E-state index is 0.228. The lowest BCUT2D eigenvalue weighted by molar-refractivity contribution is -0.184. The molecule has 2 saturated carbocycles. The first kappa shape index (κ1) is 19.3. The molecule has 2 fully saturated rings. The molecule has 0 unspecified atom stereocenters. The van der Waals surface area contributed by atoms with Crippen LogP contribution in [0.4, 0.5) is 26.3 Å². The molecule has 2 aliphatic carbocycles. The first-order valence-corrected chi connectivity index (χ1v) is 9.53. The Morgan fingerprint density at radius 3 is 1.13 bits per heavy atom. The minimum Gasteiger partial charge on any atom is -0.171 e. The lowest BCUT2D eigenvalue weighted by Gasteiger charge is -2.31. The van der Waals surface area contributed by atoms with Crippen molar-refractivity contribution < 1.29 is 26.3 Å². The molecule has 0 spiro atoms. The maximum Gasteiger partial charge on any atom is 0.391 e. The Morgan fingerprint density at radius 2 is 0.870 bits per heavy atom. The van der Waals surface area contributed by atoms with Gasteiger partial charge in [0.25, 0.3) is 0 Å². The van der Waals surface area contributed by atoms with Crippen molar-refractivity contribution in [3.05, 3.63) is 0 Å². The summed E-state index contributed by atoms with van der Waals surface area (Å²) in [6.07, 6.45) is -4.72. The Kier molecular flexibility index (Phi) is 6.59. The molecule has 0 bridgehead atoms. The van der Waals surface area contributed by atoms with E-state index >= 15 is 0 Å². The Balaban J connectivity index is 1.59. The smallest absolute Gasteiger partial charge is 0.171 e. The van der Waals surface area contributed by atoms with Crippen LogP contribution in [0.1, 0.15) is 51.4 Å². The topological polar surface area (TPSA) is 0 Å². The fourth-order valence-corrected chi connectivity index (χ4v) is 5.18. The number of alkyl halides is 6. The van der Waals surface area contributed by atoms with Gasteiger partial charge in [-0.3, -0.25) is 0 Å². The number of hydrogen-bond donors (Lipinski definition) is 0. The highest BCUT2D eigenvalue weighted by Gasteiger charge is 2.42. The monoisotopic (exact) mass is 362 g/mol. The third-order valence-electron chi connectivity index (χ3n) is 5.33. The predicted octanol–water partition coefficient (Wildman–Crippen LogP) is 6.46. The van der Waals surface area contributed by atoms with E-state index in [4.69, 9.17) is 0 Å². The second kappa shape index (κ2) is 7.87. The van der Waals surface area contributed by atoms with E-state index in [9.17, 15) is 26.3 Å². The Morgan fingerprint density at radius 1 is 0.565 bits per heavy atom. The number of rotatable bonds is 4. The van der Waals surface area contributed by atoms with E-state index in [1.807, 2.05) is 0 Å². The van der Waals surface area contributed by atoms with Crippen LogP contribution >= 0.6 is 11.8 Å². The summed E-state index contributed by atoms with van der Waals surface area (Å²) in [6.45, 7) is 0. The highest BCUT2D eigenvalue weighted by molar-refractivity contribution is 7.99. The van der Waals surface area contributed by atoms with Crippen LogP contribution in [0, 0.1) is 23.7 Å². The van der Waals surface area contributed by atoms with E-state index in [1.54, 1.807) is 11.8 Å². The molecule has 0 amide bonds. The molecule has 0 aromatic heterocycles. The van der Waals surface area contributed by atoms with Gasteiger partial charge in [-0.15, -0.1) is 0 Å². The molecule has 0 aliphatic heterocycles. The number of halogens is 6. The standard InChI is InChI=1S/C16H24F6S/c17-15(18,19)13-5-1-11(2-6-13)9-23-10-12-3-7-14(8-4-12)16(20,21)22/h11-14H,1-10H2. The third kappa shape index (κ3) is 6.05. The molecule has 0 nitrogen and oxygen atoms in total. The maximum atomic E-state index is 12.6. The van der Waals surface area contributed by atoms with Gasteiger partial charge in [0.15, 0.2) is 0 Å². The van der Waals surface area contributed by atoms with Crippen molar-refractivity contribution in [1.29, 1.82) is 0 Å². The largest absolute Gasteiger partial charge is 0.391 e. The van der Waals surface area contributed by atoms with Crippen LogP contribution < -0.4 is 0 Å².